The number of nitrogens with zero attached hydrogens (tertiary/aromatic N) is 1. The Balaban J connectivity index is 1.60. The van der Waals surface area contributed by atoms with Crippen LogP contribution in [0, 0.1) is 5.82 Å². The number of benzene rings is 3. The van der Waals surface area contributed by atoms with Gasteiger partial charge in [0.05, 0.1) is 18.4 Å². The van der Waals surface area contributed by atoms with Gasteiger partial charge in [0.15, 0.2) is 6.61 Å². The molecule has 0 aliphatic heterocycles. The molecule has 0 unspecified atom stereocenters. The van der Waals surface area contributed by atoms with Crippen molar-refractivity contribution in [3.05, 3.63) is 88.1 Å². The Morgan fingerprint density at radius 3 is 2.36 bits per heavy atom. The highest BCUT2D eigenvalue weighted by Crippen LogP contribution is 2.23. The first-order valence-electron chi connectivity index (χ1n) is 9.89. The molecule has 0 spiro atoms. The van der Waals surface area contributed by atoms with Gasteiger partial charge in [0.25, 0.3) is 5.91 Å². The van der Waals surface area contributed by atoms with E-state index in [-0.39, 0.29) is 12.4 Å². The number of carbonyl (C=O) groups is 2. The number of hydrogen-bond donors (Lipinski definition) is 1. The monoisotopic (exact) mass is 514 g/mol. The van der Waals surface area contributed by atoms with Crippen LogP contribution >= 0.6 is 15.9 Å². The Labute approximate surface area is 198 Å². The standard InChI is InChI=1S/C24H20BrFN2O5/c1-2-31-20-8-3-16(4-9-20)24(30)33-22-12-5-18(25)13-17(22)14-27-28-23(29)15-32-21-10-6-19(26)7-11-21/h3-14H,2,15H2,1H3,(H,28,29). The predicted molar refractivity (Wildman–Crippen MR) is 124 cm³/mol. The number of carbonyl (C=O) groups excluding carboxylic acids is 2. The molecule has 3 aromatic rings. The van der Waals surface area contributed by atoms with E-state index in [1.165, 1.54) is 30.5 Å². The van der Waals surface area contributed by atoms with Gasteiger partial charge in [0.1, 0.15) is 23.1 Å². The van der Waals surface area contributed by atoms with Gasteiger partial charge in [-0.2, -0.15) is 5.10 Å². The largest absolute Gasteiger partial charge is 0.494 e. The third kappa shape index (κ3) is 7.43. The second-order valence-electron chi connectivity index (χ2n) is 6.56. The van der Waals surface area contributed by atoms with Crippen molar-refractivity contribution in [2.24, 2.45) is 5.10 Å². The highest BCUT2D eigenvalue weighted by molar-refractivity contribution is 9.10. The minimum absolute atomic E-state index is 0.262. The van der Waals surface area contributed by atoms with Crippen LogP contribution in [0.3, 0.4) is 0 Å². The second kappa shape index (κ2) is 11.8. The number of halogens is 2. The first kappa shape index (κ1) is 23.9. The van der Waals surface area contributed by atoms with Crippen LogP contribution in [0.5, 0.6) is 17.2 Å². The van der Waals surface area contributed by atoms with Crippen molar-refractivity contribution in [3.63, 3.8) is 0 Å². The van der Waals surface area contributed by atoms with E-state index in [2.05, 4.69) is 26.5 Å². The molecule has 0 atom stereocenters. The maximum atomic E-state index is 12.9. The van der Waals surface area contributed by atoms with Gasteiger partial charge in [-0.05, 0) is 73.7 Å². The van der Waals surface area contributed by atoms with Crippen LogP contribution in [0.2, 0.25) is 0 Å². The molecule has 0 saturated heterocycles. The summed E-state index contributed by atoms with van der Waals surface area (Å²) in [5.41, 5.74) is 3.14. The summed E-state index contributed by atoms with van der Waals surface area (Å²) in [5, 5.41) is 3.89. The van der Waals surface area contributed by atoms with Crippen LogP contribution in [0.1, 0.15) is 22.8 Å². The molecule has 0 bridgehead atoms. The topological polar surface area (TPSA) is 86.2 Å². The molecule has 0 heterocycles. The summed E-state index contributed by atoms with van der Waals surface area (Å²) in [6, 6.07) is 16.9. The maximum absolute atomic E-state index is 12.9. The Morgan fingerprint density at radius 2 is 1.67 bits per heavy atom. The van der Waals surface area contributed by atoms with E-state index in [1.807, 2.05) is 6.92 Å². The van der Waals surface area contributed by atoms with E-state index in [9.17, 15) is 14.0 Å². The van der Waals surface area contributed by atoms with Gasteiger partial charge in [-0.15, -0.1) is 0 Å². The number of nitrogens with one attached hydrogen (secondary N) is 1. The Morgan fingerprint density at radius 1 is 1.00 bits per heavy atom. The molecule has 33 heavy (non-hydrogen) atoms. The maximum Gasteiger partial charge on any atom is 0.343 e. The van der Waals surface area contributed by atoms with Crippen LogP contribution < -0.4 is 19.6 Å². The zero-order valence-corrected chi connectivity index (χ0v) is 19.2. The summed E-state index contributed by atoms with van der Waals surface area (Å²) in [6.07, 6.45) is 1.35. The first-order valence-corrected chi connectivity index (χ1v) is 10.7. The number of hydrazone groups is 1. The molecule has 1 amide bonds. The molecule has 0 fully saturated rings. The summed E-state index contributed by atoms with van der Waals surface area (Å²) in [4.78, 5) is 24.4. The third-order valence-corrected chi connectivity index (χ3v) is 4.65. The van der Waals surface area contributed by atoms with Crippen molar-refractivity contribution in [2.45, 2.75) is 6.92 Å². The van der Waals surface area contributed by atoms with E-state index in [0.29, 0.717) is 29.2 Å². The molecule has 1 N–H and O–H groups in total. The lowest BCUT2D eigenvalue weighted by Gasteiger charge is -2.09. The second-order valence-corrected chi connectivity index (χ2v) is 7.48. The van der Waals surface area contributed by atoms with Gasteiger partial charge in [-0.3, -0.25) is 4.79 Å². The number of amides is 1. The fourth-order valence-corrected chi connectivity index (χ4v) is 2.99. The van der Waals surface area contributed by atoms with Crippen molar-refractivity contribution in [1.29, 1.82) is 0 Å². The Hall–Kier alpha value is -3.72. The minimum atomic E-state index is -0.549. The molecule has 3 rings (SSSR count). The molecule has 0 aliphatic carbocycles. The summed E-state index contributed by atoms with van der Waals surface area (Å²) < 4.78 is 29.8. The molecule has 170 valence electrons. The predicted octanol–water partition coefficient (Wildman–Crippen LogP) is 4.74. The van der Waals surface area contributed by atoms with Crippen molar-refractivity contribution in [2.75, 3.05) is 13.2 Å². The van der Waals surface area contributed by atoms with Gasteiger partial charge < -0.3 is 14.2 Å². The van der Waals surface area contributed by atoms with Crippen LogP contribution in [0.15, 0.2) is 76.3 Å². The van der Waals surface area contributed by atoms with Crippen molar-refractivity contribution < 1.29 is 28.2 Å². The van der Waals surface area contributed by atoms with Crippen molar-refractivity contribution in [3.8, 4) is 17.2 Å². The van der Waals surface area contributed by atoms with E-state index < -0.39 is 17.7 Å². The molecule has 0 radical (unpaired) electrons. The number of ether oxygens (including phenoxy) is 3. The summed E-state index contributed by atoms with van der Waals surface area (Å²) in [6.45, 7) is 2.10. The van der Waals surface area contributed by atoms with Gasteiger partial charge in [-0.25, -0.2) is 14.6 Å². The molecule has 9 heteroatoms. The lowest BCUT2D eigenvalue weighted by Crippen LogP contribution is -2.24. The lowest BCUT2D eigenvalue weighted by molar-refractivity contribution is -0.123. The van der Waals surface area contributed by atoms with Gasteiger partial charge in [0, 0.05) is 10.0 Å². The SMILES string of the molecule is CCOc1ccc(C(=O)Oc2ccc(Br)cc2C=NNC(=O)COc2ccc(F)cc2)cc1. The van der Waals surface area contributed by atoms with Crippen LogP contribution in [0.25, 0.3) is 0 Å². The first-order chi connectivity index (χ1) is 15.9. The number of esters is 1. The summed E-state index contributed by atoms with van der Waals surface area (Å²) in [5.74, 6) is -0.192. The van der Waals surface area contributed by atoms with Crippen LogP contribution in [-0.4, -0.2) is 31.3 Å². The molecule has 7 nitrogen and oxygen atoms in total. The quantitative estimate of drug-likeness (QED) is 0.193. The van der Waals surface area contributed by atoms with E-state index in [1.54, 1.807) is 42.5 Å². The Kier molecular flexibility index (Phi) is 8.54. The van der Waals surface area contributed by atoms with E-state index in [4.69, 9.17) is 14.2 Å². The highest BCUT2D eigenvalue weighted by Gasteiger charge is 2.12. The van der Waals surface area contributed by atoms with Gasteiger partial charge in [-0.1, -0.05) is 15.9 Å². The summed E-state index contributed by atoms with van der Waals surface area (Å²) >= 11 is 3.36. The van der Waals surface area contributed by atoms with Crippen LogP contribution in [0.4, 0.5) is 4.39 Å². The third-order valence-electron chi connectivity index (χ3n) is 4.15. The molecular formula is C24H20BrFN2O5. The number of rotatable bonds is 9. The molecular weight excluding hydrogens is 495 g/mol. The van der Waals surface area contributed by atoms with Gasteiger partial charge in [0.2, 0.25) is 0 Å². The van der Waals surface area contributed by atoms with Gasteiger partial charge >= 0.3 is 5.97 Å². The molecule has 0 aromatic heterocycles. The van der Waals surface area contributed by atoms with Crippen molar-refractivity contribution >= 4 is 34.0 Å². The van der Waals surface area contributed by atoms with E-state index >= 15 is 0 Å². The van der Waals surface area contributed by atoms with Crippen LogP contribution in [-0.2, 0) is 4.79 Å². The zero-order valence-electron chi connectivity index (χ0n) is 17.6. The number of hydrogen-bond acceptors (Lipinski definition) is 6. The highest BCUT2D eigenvalue weighted by atomic mass is 79.9. The Bertz CT molecular complexity index is 1130. The molecule has 0 saturated carbocycles. The average Bonchev–Trinajstić information content (AvgIpc) is 2.81. The fraction of sp³-hybridized carbons (Fsp3) is 0.125. The van der Waals surface area contributed by atoms with Crippen molar-refractivity contribution in [1.82, 2.24) is 5.43 Å². The zero-order chi connectivity index (χ0) is 23.6. The minimum Gasteiger partial charge on any atom is -0.494 e. The summed E-state index contributed by atoms with van der Waals surface area (Å²) in [7, 11) is 0. The fourth-order valence-electron chi connectivity index (χ4n) is 2.61. The average molecular weight is 515 g/mol. The molecule has 3 aromatic carbocycles. The molecule has 0 aliphatic rings. The normalized spacial score (nSPS) is 10.6. The smallest absolute Gasteiger partial charge is 0.343 e. The lowest BCUT2D eigenvalue weighted by atomic mass is 10.2. The van der Waals surface area contributed by atoms with E-state index in [0.717, 1.165) is 4.47 Å².